The Morgan fingerprint density at radius 3 is 1.66 bits per heavy atom. The fourth-order valence-electron chi connectivity index (χ4n) is 5.13. The summed E-state index contributed by atoms with van der Waals surface area (Å²) in [7, 11) is 0. The molecular weight excluding hydrogens is 468 g/mol. The van der Waals surface area contributed by atoms with Gasteiger partial charge in [-0.15, -0.1) is 0 Å². The first-order valence-corrected chi connectivity index (χ1v) is 15.9. The van der Waals surface area contributed by atoms with E-state index in [0.29, 0.717) is 18.3 Å². The van der Waals surface area contributed by atoms with Crippen LogP contribution in [0.5, 0.6) is 5.75 Å². The van der Waals surface area contributed by atoms with Gasteiger partial charge in [0.1, 0.15) is 11.9 Å². The lowest BCUT2D eigenvalue weighted by Gasteiger charge is -2.30. The Morgan fingerprint density at radius 1 is 0.737 bits per heavy atom. The van der Waals surface area contributed by atoms with Gasteiger partial charge in [-0.05, 0) is 54.2 Å². The minimum Gasteiger partial charge on any atom is -0.508 e. The van der Waals surface area contributed by atoms with Crippen molar-refractivity contribution in [2.45, 2.75) is 170 Å². The Hall–Kier alpha value is -1.51. The van der Waals surface area contributed by atoms with Gasteiger partial charge in [-0.25, -0.2) is 0 Å². The van der Waals surface area contributed by atoms with Crippen LogP contribution in [0.2, 0.25) is 0 Å². The van der Waals surface area contributed by atoms with Crippen molar-refractivity contribution in [2.75, 3.05) is 0 Å². The zero-order valence-corrected chi connectivity index (χ0v) is 26.1. The number of carbonyl (C=O) groups is 1. The second-order valence-electron chi connectivity index (χ2n) is 13.9. The number of hydrogen-bond donors (Lipinski definition) is 1. The summed E-state index contributed by atoms with van der Waals surface area (Å²) in [6.07, 6.45) is 23.7. The number of benzene rings is 1. The highest BCUT2D eigenvalue weighted by Crippen LogP contribution is 2.28. The third kappa shape index (κ3) is 19.5. The Bertz CT molecular complexity index is 725. The van der Waals surface area contributed by atoms with E-state index in [2.05, 4.69) is 41.5 Å². The molecular formula is C35H62O3. The Morgan fingerprint density at radius 2 is 1.21 bits per heavy atom. The molecule has 1 atom stereocenters. The number of phenolic OH excluding ortho intramolecular Hbond substituents is 1. The molecule has 1 rings (SSSR count). The first-order valence-electron chi connectivity index (χ1n) is 15.9. The van der Waals surface area contributed by atoms with E-state index in [4.69, 9.17) is 4.74 Å². The van der Waals surface area contributed by atoms with Crippen molar-refractivity contribution in [3.8, 4) is 5.75 Å². The van der Waals surface area contributed by atoms with Gasteiger partial charge in [0.05, 0.1) is 0 Å². The van der Waals surface area contributed by atoms with Crippen LogP contribution < -0.4 is 0 Å². The van der Waals surface area contributed by atoms with Crippen molar-refractivity contribution in [3.63, 3.8) is 0 Å². The first-order chi connectivity index (χ1) is 18.0. The van der Waals surface area contributed by atoms with Crippen molar-refractivity contribution in [1.29, 1.82) is 0 Å². The minimum absolute atomic E-state index is 0.0392. The molecule has 0 aliphatic rings. The number of aromatic hydroxyl groups is 1. The molecule has 220 valence electrons. The minimum atomic E-state index is -0.135. The summed E-state index contributed by atoms with van der Waals surface area (Å²) in [5.41, 5.74) is 1.42. The lowest BCUT2D eigenvalue weighted by molar-refractivity contribution is -0.155. The highest BCUT2D eigenvalue weighted by atomic mass is 16.5. The second-order valence-corrected chi connectivity index (χ2v) is 13.9. The van der Waals surface area contributed by atoms with E-state index in [1.54, 1.807) is 12.1 Å². The van der Waals surface area contributed by atoms with E-state index in [1.165, 1.54) is 96.3 Å². The fraction of sp³-hybridized carbons (Fsp3) is 0.800. The molecule has 3 heteroatoms. The average Bonchev–Trinajstić information content (AvgIpc) is 2.82. The Balaban J connectivity index is 2.00. The number of unbranched alkanes of at least 4 members (excludes halogenated alkanes) is 14. The Labute approximate surface area is 236 Å². The van der Waals surface area contributed by atoms with Gasteiger partial charge >= 0.3 is 5.97 Å². The maximum atomic E-state index is 12.5. The van der Waals surface area contributed by atoms with Crippen LogP contribution in [-0.2, 0) is 16.0 Å². The first kappa shape index (κ1) is 34.5. The zero-order valence-electron chi connectivity index (χ0n) is 26.1. The molecule has 0 aliphatic heterocycles. The lowest BCUT2D eigenvalue weighted by atomic mass is 9.85. The van der Waals surface area contributed by atoms with Gasteiger partial charge in [-0.3, -0.25) is 4.79 Å². The molecule has 3 nitrogen and oxygen atoms in total. The molecule has 0 aliphatic carbocycles. The van der Waals surface area contributed by atoms with Crippen LogP contribution in [0.3, 0.4) is 0 Å². The summed E-state index contributed by atoms with van der Waals surface area (Å²) in [4.78, 5) is 12.5. The summed E-state index contributed by atoms with van der Waals surface area (Å²) >= 11 is 0. The highest BCUT2D eigenvalue weighted by Gasteiger charge is 2.27. The van der Waals surface area contributed by atoms with Crippen LogP contribution in [0.25, 0.3) is 0 Å². The fourth-order valence-corrected chi connectivity index (χ4v) is 5.13. The van der Waals surface area contributed by atoms with Crippen LogP contribution >= 0.6 is 0 Å². The zero-order chi connectivity index (χ0) is 28.3. The van der Waals surface area contributed by atoms with Crippen molar-refractivity contribution in [2.24, 2.45) is 10.8 Å². The van der Waals surface area contributed by atoms with Crippen molar-refractivity contribution in [1.82, 2.24) is 0 Å². The Kier molecular flexibility index (Phi) is 17.7. The van der Waals surface area contributed by atoms with E-state index in [1.807, 2.05) is 12.1 Å². The summed E-state index contributed by atoms with van der Waals surface area (Å²) < 4.78 is 5.90. The number of rotatable bonds is 21. The number of aryl methyl sites for hydroxylation is 1. The predicted octanol–water partition coefficient (Wildman–Crippen LogP) is 11.0. The molecule has 0 spiro atoms. The van der Waals surface area contributed by atoms with Crippen LogP contribution in [0.4, 0.5) is 0 Å². The molecule has 1 aromatic rings. The van der Waals surface area contributed by atoms with Crippen molar-refractivity contribution < 1.29 is 14.6 Å². The predicted molar refractivity (Wildman–Crippen MR) is 164 cm³/mol. The average molecular weight is 531 g/mol. The molecule has 1 aromatic carbocycles. The molecule has 0 saturated heterocycles. The largest absolute Gasteiger partial charge is 0.508 e. The van der Waals surface area contributed by atoms with Crippen LogP contribution in [0, 0.1) is 10.8 Å². The van der Waals surface area contributed by atoms with Crippen LogP contribution in [0.1, 0.15) is 163 Å². The molecule has 0 radical (unpaired) electrons. The van der Waals surface area contributed by atoms with Gasteiger partial charge in [-0.2, -0.15) is 0 Å². The lowest BCUT2D eigenvalue weighted by Crippen LogP contribution is -2.31. The van der Waals surface area contributed by atoms with E-state index < -0.39 is 0 Å². The molecule has 0 fully saturated rings. The van der Waals surface area contributed by atoms with Crippen LogP contribution in [0.15, 0.2) is 24.3 Å². The molecule has 0 saturated carbocycles. The van der Waals surface area contributed by atoms with Gasteiger partial charge in [0.15, 0.2) is 0 Å². The topological polar surface area (TPSA) is 46.5 Å². The normalized spacial score (nSPS) is 13.0. The van der Waals surface area contributed by atoms with E-state index >= 15 is 0 Å². The summed E-state index contributed by atoms with van der Waals surface area (Å²) in [5, 5.41) is 9.60. The summed E-state index contributed by atoms with van der Waals surface area (Å²) in [5.74, 6) is 0.107. The highest BCUT2D eigenvalue weighted by molar-refractivity contribution is 5.70. The van der Waals surface area contributed by atoms with Gasteiger partial charge in [0.2, 0.25) is 0 Å². The second kappa shape index (κ2) is 19.5. The number of ether oxygens (including phenoxy) is 1. The van der Waals surface area contributed by atoms with Crippen molar-refractivity contribution >= 4 is 5.97 Å². The molecule has 0 heterocycles. The maximum Gasteiger partial charge on any atom is 0.306 e. The third-order valence-corrected chi connectivity index (χ3v) is 7.66. The van der Waals surface area contributed by atoms with Crippen LogP contribution in [-0.4, -0.2) is 17.2 Å². The molecule has 1 unspecified atom stereocenters. The number of phenols is 1. The van der Waals surface area contributed by atoms with Gasteiger partial charge < -0.3 is 9.84 Å². The molecule has 0 aromatic heterocycles. The molecule has 0 bridgehead atoms. The molecule has 0 amide bonds. The number of carbonyl (C=O) groups excluding carboxylic acids is 1. The van der Waals surface area contributed by atoms with E-state index in [9.17, 15) is 9.90 Å². The summed E-state index contributed by atoms with van der Waals surface area (Å²) in [6.45, 7) is 13.5. The SMILES string of the molecule is CC(C)(C)CCCCCCCCCCCCCCCCCC(OC(=O)CCc1cccc(O)c1)C(C)(C)C. The smallest absolute Gasteiger partial charge is 0.306 e. The van der Waals surface area contributed by atoms with E-state index in [-0.39, 0.29) is 23.2 Å². The third-order valence-electron chi connectivity index (χ3n) is 7.66. The van der Waals surface area contributed by atoms with Crippen molar-refractivity contribution in [3.05, 3.63) is 29.8 Å². The molecule has 1 N–H and O–H groups in total. The monoisotopic (exact) mass is 530 g/mol. The standard InChI is InChI=1S/C35H62O3/c1-34(2,3)28-21-19-17-15-13-11-9-7-8-10-12-14-16-18-20-25-32(35(4,5)6)38-33(37)27-26-30-23-22-24-31(36)29-30/h22-24,29,32,36H,7-21,25-28H2,1-6H3. The van der Waals surface area contributed by atoms with Gasteiger partial charge in [0.25, 0.3) is 0 Å². The number of esters is 1. The van der Waals surface area contributed by atoms with E-state index in [0.717, 1.165) is 18.4 Å². The van der Waals surface area contributed by atoms with Gasteiger partial charge in [-0.1, -0.05) is 144 Å². The maximum absolute atomic E-state index is 12.5. The quantitative estimate of drug-likeness (QED) is 0.127. The molecule has 38 heavy (non-hydrogen) atoms. The van der Waals surface area contributed by atoms with Gasteiger partial charge in [0, 0.05) is 6.42 Å². The number of hydrogen-bond acceptors (Lipinski definition) is 3. The summed E-state index contributed by atoms with van der Waals surface area (Å²) in [6, 6.07) is 7.11.